The molecule has 1 aromatic carbocycles. The zero-order valence-corrected chi connectivity index (χ0v) is 16.6. The van der Waals surface area contributed by atoms with E-state index in [4.69, 9.17) is 0 Å². The third-order valence-corrected chi connectivity index (χ3v) is 5.88. The van der Waals surface area contributed by atoms with Gasteiger partial charge < -0.3 is 10.6 Å². The molecule has 0 spiro atoms. The zero-order chi connectivity index (χ0) is 18.2. The molecule has 2 N–H and O–H groups in total. The van der Waals surface area contributed by atoms with E-state index >= 15 is 0 Å². The average molecular weight is 372 g/mol. The minimum atomic E-state index is 0.729. The van der Waals surface area contributed by atoms with Gasteiger partial charge in [-0.05, 0) is 30.4 Å². The van der Waals surface area contributed by atoms with Gasteiger partial charge in [-0.1, -0.05) is 31.2 Å². The predicted molar refractivity (Wildman–Crippen MR) is 110 cm³/mol. The van der Waals surface area contributed by atoms with Gasteiger partial charge in [-0.3, -0.25) is 9.89 Å². The number of hydrogen-bond donors (Lipinski definition) is 2. The Morgan fingerprint density at radius 1 is 1.27 bits per heavy atom. The maximum absolute atomic E-state index is 4.44. The van der Waals surface area contributed by atoms with Crippen LogP contribution in [0.15, 0.2) is 35.5 Å². The summed E-state index contributed by atoms with van der Waals surface area (Å²) in [5.74, 6) is 0.849. The third-order valence-electron chi connectivity index (χ3n) is 4.73. The van der Waals surface area contributed by atoms with Crippen LogP contribution < -0.4 is 10.6 Å². The van der Waals surface area contributed by atoms with Gasteiger partial charge in [0.15, 0.2) is 5.96 Å². The Bertz CT molecular complexity index is 724. The molecule has 0 saturated carbocycles. The largest absolute Gasteiger partial charge is 0.356 e. The van der Waals surface area contributed by atoms with Crippen molar-refractivity contribution in [2.75, 3.05) is 26.7 Å². The second-order valence-electron chi connectivity index (χ2n) is 6.57. The molecule has 0 atom stereocenters. The highest BCUT2D eigenvalue weighted by atomic mass is 32.1. The van der Waals surface area contributed by atoms with E-state index in [1.165, 1.54) is 22.4 Å². The Morgan fingerprint density at radius 3 is 2.88 bits per heavy atom. The van der Waals surface area contributed by atoms with E-state index in [1.807, 2.05) is 13.2 Å². The number of hydrogen-bond acceptors (Lipinski definition) is 4. The summed E-state index contributed by atoms with van der Waals surface area (Å²) in [6.45, 7) is 7.17. The SMILES string of the molecule is CCc1cnc(CNC(=NC)NCCCN2CCc3ccccc3C2)s1. The molecule has 1 aliphatic rings. The molecule has 3 rings (SSSR count). The molecule has 0 bridgehead atoms. The van der Waals surface area contributed by atoms with Gasteiger partial charge in [-0.15, -0.1) is 11.3 Å². The Balaban J connectivity index is 1.34. The maximum Gasteiger partial charge on any atom is 0.191 e. The maximum atomic E-state index is 4.44. The molecule has 5 nitrogen and oxygen atoms in total. The lowest BCUT2D eigenvalue weighted by Gasteiger charge is -2.28. The number of rotatable bonds is 7. The van der Waals surface area contributed by atoms with Crippen molar-refractivity contribution in [1.82, 2.24) is 20.5 Å². The van der Waals surface area contributed by atoms with Gasteiger partial charge in [0.2, 0.25) is 0 Å². The molecule has 6 heteroatoms. The van der Waals surface area contributed by atoms with Crippen molar-refractivity contribution >= 4 is 17.3 Å². The van der Waals surface area contributed by atoms with Crippen LogP contribution in [0.2, 0.25) is 0 Å². The highest BCUT2D eigenvalue weighted by molar-refractivity contribution is 7.11. The van der Waals surface area contributed by atoms with Crippen LogP contribution in [0.25, 0.3) is 0 Å². The lowest BCUT2D eigenvalue weighted by Crippen LogP contribution is -2.39. The van der Waals surface area contributed by atoms with Gasteiger partial charge in [-0.2, -0.15) is 0 Å². The average Bonchev–Trinajstić information content (AvgIpc) is 3.15. The fourth-order valence-electron chi connectivity index (χ4n) is 3.23. The van der Waals surface area contributed by atoms with Crippen LogP contribution in [0.1, 0.15) is 34.4 Å². The highest BCUT2D eigenvalue weighted by Crippen LogP contribution is 2.18. The molecule has 26 heavy (non-hydrogen) atoms. The van der Waals surface area contributed by atoms with Crippen LogP contribution >= 0.6 is 11.3 Å². The quantitative estimate of drug-likeness (QED) is 0.446. The zero-order valence-electron chi connectivity index (χ0n) is 15.8. The fraction of sp³-hybridized carbons (Fsp3) is 0.500. The van der Waals surface area contributed by atoms with Crippen LogP contribution in [0, 0.1) is 0 Å². The molecule has 0 fully saturated rings. The summed E-state index contributed by atoms with van der Waals surface area (Å²) < 4.78 is 0. The molecular weight excluding hydrogens is 342 g/mol. The molecule has 0 aliphatic carbocycles. The van der Waals surface area contributed by atoms with Gasteiger partial charge in [0, 0.05) is 44.3 Å². The molecule has 140 valence electrons. The van der Waals surface area contributed by atoms with E-state index in [0.717, 1.165) is 56.5 Å². The normalized spacial score (nSPS) is 14.9. The predicted octanol–water partition coefficient (Wildman–Crippen LogP) is 2.82. The number of aryl methyl sites for hydroxylation is 1. The van der Waals surface area contributed by atoms with Gasteiger partial charge in [0.05, 0.1) is 6.54 Å². The Morgan fingerprint density at radius 2 is 2.12 bits per heavy atom. The van der Waals surface area contributed by atoms with E-state index in [-0.39, 0.29) is 0 Å². The van der Waals surface area contributed by atoms with Crippen molar-refractivity contribution in [2.45, 2.75) is 39.3 Å². The third kappa shape index (κ3) is 5.29. The summed E-state index contributed by atoms with van der Waals surface area (Å²) in [7, 11) is 1.82. The second-order valence-corrected chi connectivity index (χ2v) is 7.77. The van der Waals surface area contributed by atoms with Gasteiger partial charge in [0.25, 0.3) is 0 Å². The Labute approximate surface area is 160 Å². The Kier molecular flexibility index (Phi) is 7.03. The number of aromatic nitrogens is 1. The van der Waals surface area contributed by atoms with E-state index in [1.54, 1.807) is 11.3 Å². The number of aliphatic imine (C=N–C) groups is 1. The molecule has 0 saturated heterocycles. The minimum Gasteiger partial charge on any atom is -0.356 e. The Hall–Kier alpha value is -1.92. The number of thiazole rings is 1. The first-order valence-electron chi connectivity index (χ1n) is 9.45. The number of nitrogens with zero attached hydrogens (tertiary/aromatic N) is 3. The fourth-order valence-corrected chi connectivity index (χ4v) is 4.03. The molecular formula is C20H29N5S. The minimum absolute atomic E-state index is 0.729. The first kappa shape index (κ1) is 18.9. The van der Waals surface area contributed by atoms with Crippen LogP contribution in [0.5, 0.6) is 0 Å². The van der Waals surface area contributed by atoms with Gasteiger partial charge in [-0.25, -0.2) is 4.98 Å². The van der Waals surface area contributed by atoms with Crippen LogP contribution in [0.4, 0.5) is 0 Å². The molecule has 1 aliphatic heterocycles. The van der Waals surface area contributed by atoms with Crippen molar-refractivity contribution < 1.29 is 0 Å². The molecule has 2 aromatic rings. The number of benzene rings is 1. The van der Waals surface area contributed by atoms with E-state index < -0.39 is 0 Å². The van der Waals surface area contributed by atoms with Crippen molar-refractivity contribution in [3.63, 3.8) is 0 Å². The molecule has 2 heterocycles. The summed E-state index contributed by atoms with van der Waals surface area (Å²) >= 11 is 1.76. The smallest absolute Gasteiger partial charge is 0.191 e. The number of nitrogens with one attached hydrogen (secondary N) is 2. The molecule has 1 aromatic heterocycles. The van der Waals surface area contributed by atoms with E-state index in [9.17, 15) is 0 Å². The first-order chi connectivity index (χ1) is 12.8. The summed E-state index contributed by atoms with van der Waals surface area (Å²) in [5, 5.41) is 7.86. The van der Waals surface area contributed by atoms with Gasteiger partial charge >= 0.3 is 0 Å². The van der Waals surface area contributed by atoms with E-state index in [2.05, 4.69) is 56.7 Å². The molecule has 0 unspecified atom stereocenters. The summed E-state index contributed by atoms with van der Waals surface area (Å²) in [6.07, 6.45) is 5.29. The standard InChI is InChI=1S/C20H29N5S/c1-3-18-13-23-19(26-18)14-24-20(21-2)22-10-6-11-25-12-9-16-7-4-5-8-17(16)15-25/h4-5,7-8,13H,3,6,9-12,14-15H2,1-2H3,(H2,21,22,24). The van der Waals surface area contributed by atoms with Crippen molar-refractivity contribution in [3.05, 3.63) is 51.5 Å². The van der Waals surface area contributed by atoms with Crippen molar-refractivity contribution in [1.29, 1.82) is 0 Å². The number of fused-ring (bicyclic) bond motifs is 1. The molecule has 0 amide bonds. The lowest BCUT2D eigenvalue weighted by molar-refractivity contribution is 0.251. The van der Waals surface area contributed by atoms with Crippen molar-refractivity contribution in [3.8, 4) is 0 Å². The summed E-state index contributed by atoms with van der Waals surface area (Å²) in [6, 6.07) is 8.81. The second kappa shape index (κ2) is 9.69. The van der Waals surface area contributed by atoms with E-state index in [0.29, 0.717) is 0 Å². The summed E-state index contributed by atoms with van der Waals surface area (Å²) in [5.41, 5.74) is 3.00. The first-order valence-corrected chi connectivity index (χ1v) is 10.3. The van der Waals surface area contributed by atoms with Crippen LogP contribution in [-0.4, -0.2) is 42.5 Å². The monoisotopic (exact) mass is 371 g/mol. The van der Waals surface area contributed by atoms with Crippen LogP contribution in [0.3, 0.4) is 0 Å². The summed E-state index contributed by atoms with van der Waals surface area (Å²) in [4.78, 5) is 12.6. The number of guanidine groups is 1. The topological polar surface area (TPSA) is 52.6 Å². The van der Waals surface area contributed by atoms with Gasteiger partial charge in [0.1, 0.15) is 5.01 Å². The van der Waals surface area contributed by atoms with Crippen LogP contribution in [-0.2, 0) is 25.9 Å². The highest BCUT2D eigenvalue weighted by Gasteiger charge is 2.14. The van der Waals surface area contributed by atoms with Crippen molar-refractivity contribution in [2.24, 2.45) is 4.99 Å². The molecule has 0 radical (unpaired) electrons. The lowest BCUT2D eigenvalue weighted by atomic mass is 10.00.